The summed E-state index contributed by atoms with van der Waals surface area (Å²) in [6.07, 6.45) is 0. The third-order valence-electron chi connectivity index (χ3n) is 8.34. The number of hydrogen-bond acceptors (Lipinski definition) is 0. The van der Waals surface area contributed by atoms with E-state index in [1.807, 2.05) is 0 Å². The number of hydrogen-bond donors (Lipinski definition) is 0. The number of rotatable bonds is 2. The van der Waals surface area contributed by atoms with Crippen molar-refractivity contribution in [1.82, 2.24) is 0 Å². The van der Waals surface area contributed by atoms with Gasteiger partial charge in [0.1, 0.15) is 0 Å². The molecule has 35 heavy (non-hydrogen) atoms. The van der Waals surface area contributed by atoms with Crippen molar-refractivity contribution in [3.8, 4) is 40.5 Å². The Labute approximate surface area is 217 Å². The summed E-state index contributed by atoms with van der Waals surface area (Å²) in [4.78, 5) is 0. The van der Waals surface area contributed by atoms with Crippen LogP contribution >= 0.6 is 0 Å². The van der Waals surface area contributed by atoms with Crippen LogP contribution < -0.4 is 0 Å². The van der Waals surface area contributed by atoms with E-state index in [9.17, 15) is 0 Å². The molecule has 2 aliphatic rings. The molecule has 1 aromatic heterocycles. The Bertz CT molecular complexity index is 1520. The third kappa shape index (κ3) is 2.99. The zero-order valence-corrected chi connectivity index (χ0v) is 23.0. The Morgan fingerprint density at radius 3 is 1.29 bits per heavy atom. The van der Waals surface area contributed by atoms with Crippen molar-refractivity contribution in [1.29, 1.82) is 0 Å². The van der Waals surface area contributed by atoms with Crippen molar-refractivity contribution in [2.75, 3.05) is 0 Å². The van der Waals surface area contributed by atoms with Gasteiger partial charge in [-0.3, -0.25) is 0 Å². The summed E-state index contributed by atoms with van der Waals surface area (Å²) >= 11 is -0.441. The Morgan fingerprint density at radius 2 is 0.829 bits per heavy atom. The van der Waals surface area contributed by atoms with E-state index in [4.69, 9.17) is 0 Å². The fourth-order valence-corrected chi connectivity index (χ4v) is 9.21. The van der Waals surface area contributed by atoms with E-state index in [1.165, 1.54) is 55.6 Å². The van der Waals surface area contributed by atoms with E-state index >= 15 is 0 Å². The molecule has 7 rings (SSSR count). The molecule has 0 atom stereocenters. The van der Waals surface area contributed by atoms with Crippen molar-refractivity contribution in [3.05, 3.63) is 119 Å². The van der Waals surface area contributed by atoms with Crippen LogP contribution in [-0.2, 0) is 10.8 Å². The molecule has 0 radical (unpaired) electrons. The summed E-state index contributed by atoms with van der Waals surface area (Å²) in [6, 6.07) is 37.0. The monoisotopic (exact) mass is 566 g/mol. The van der Waals surface area contributed by atoms with Gasteiger partial charge in [0.2, 0.25) is 0 Å². The predicted octanol–water partition coefficient (Wildman–Crippen LogP) is 8.69. The van der Waals surface area contributed by atoms with E-state index in [1.54, 1.807) is 7.16 Å². The summed E-state index contributed by atoms with van der Waals surface area (Å²) in [5.41, 5.74) is 14.4. The van der Waals surface area contributed by atoms with Gasteiger partial charge in [0.25, 0.3) is 0 Å². The molecule has 0 spiro atoms. The minimum absolute atomic E-state index is 0.0541. The third-order valence-corrected chi connectivity index (χ3v) is 11.7. The molecule has 1 heteroatoms. The summed E-state index contributed by atoms with van der Waals surface area (Å²) < 4.78 is 3.09. The van der Waals surface area contributed by atoms with Gasteiger partial charge in [0, 0.05) is 0 Å². The fraction of sp³-hybridized carbons (Fsp3) is 0.176. The van der Waals surface area contributed by atoms with Crippen LogP contribution in [0.5, 0.6) is 0 Å². The van der Waals surface area contributed by atoms with Gasteiger partial charge in [-0.25, -0.2) is 0 Å². The van der Waals surface area contributed by atoms with Crippen molar-refractivity contribution >= 4 is 20.4 Å². The fourth-order valence-electron chi connectivity index (χ4n) is 6.36. The quantitative estimate of drug-likeness (QED) is 0.188. The zero-order valence-electron chi connectivity index (χ0n) is 20.6. The molecule has 0 unspecified atom stereocenters. The number of fused-ring (bicyclic) bond motifs is 6. The Hall–Kier alpha value is -2.85. The average Bonchev–Trinajstić information content (AvgIpc) is 3.52. The molecule has 0 N–H and O–H groups in total. The van der Waals surface area contributed by atoms with E-state index in [-0.39, 0.29) is 10.8 Å². The normalized spacial score (nSPS) is 15.9. The van der Waals surface area contributed by atoms with Gasteiger partial charge >= 0.3 is 219 Å². The van der Waals surface area contributed by atoms with E-state index < -0.39 is 20.4 Å². The SMILES string of the molecule is CC1(C)c2ccccc2-c2ccc(-c3ccc(-c4ccc5c(c4)C(C)(C)c4ccccc4-5)[te]3)cc21. The molecule has 2 aliphatic carbocycles. The van der Waals surface area contributed by atoms with Crippen LogP contribution in [0.3, 0.4) is 0 Å². The summed E-state index contributed by atoms with van der Waals surface area (Å²) in [5, 5.41) is 0. The van der Waals surface area contributed by atoms with Gasteiger partial charge < -0.3 is 0 Å². The minimum atomic E-state index is -0.441. The van der Waals surface area contributed by atoms with Gasteiger partial charge in [0.05, 0.1) is 0 Å². The van der Waals surface area contributed by atoms with Crippen molar-refractivity contribution in [3.63, 3.8) is 0 Å². The second-order valence-corrected chi connectivity index (χ2v) is 14.1. The molecule has 4 aromatic carbocycles. The molecule has 0 amide bonds. The molecule has 1 heterocycles. The first-order valence-corrected chi connectivity index (χ1v) is 14.8. The Kier molecular flexibility index (Phi) is 4.49. The van der Waals surface area contributed by atoms with Crippen LogP contribution in [0.15, 0.2) is 97.1 Å². The maximum atomic E-state index is 2.48. The Morgan fingerprint density at radius 1 is 0.429 bits per heavy atom. The van der Waals surface area contributed by atoms with E-state index in [2.05, 4.69) is 125 Å². The first kappa shape index (κ1) is 21.4. The predicted molar refractivity (Wildman–Crippen MR) is 149 cm³/mol. The summed E-state index contributed by atoms with van der Waals surface area (Å²) in [6.45, 7) is 9.48. The second-order valence-electron chi connectivity index (χ2n) is 11.0. The zero-order chi connectivity index (χ0) is 23.9. The van der Waals surface area contributed by atoms with Gasteiger partial charge in [-0.05, 0) is 0 Å². The molecule has 0 saturated heterocycles. The van der Waals surface area contributed by atoms with Gasteiger partial charge in [-0.1, -0.05) is 0 Å². The molecule has 0 nitrogen and oxygen atoms in total. The van der Waals surface area contributed by atoms with Crippen LogP contribution in [0.25, 0.3) is 40.5 Å². The molecule has 170 valence electrons. The van der Waals surface area contributed by atoms with Crippen molar-refractivity contribution < 1.29 is 0 Å². The van der Waals surface area contributed by atoms with E-state index in [0.717, 1.165) is 0 Å². The second kappa shape index (κ2) is 7.33. The first-order chi connectivity index (χ1) is 16.9. The van der Waals surface area contributed by atoms with Crippen LogP contribution in [0.4, 0.5) is 0 Å². The van der Waals surface area contributed by atoms with Crippen molar-refractivity contribution in [2.24, 2.45) is 0 Å². The Balaban J connectivity index is 1.28. The maximum absolute atomic E-state index is 2.48. The first-order valence-electron chi connectivity index (χ1n) is 12.4. The molecule has 0 bridgehead atoms. The van der Waals surface area contributed by atoms with Crippen LogP contribution in [-0.4, -0.2) is 20.4 Å². The molecule has 0 aliphatic heterocycles. The molecular weight excluding hydrogens is 536 g/mol. The van der Waals surface area contributed by atoms with Crippen LogP contribution in [0.2, 0.25) is 0 Å². The molecule has 0 fully saturated rings. The number of benzene rings is 4. The molecular formula is C34H28Te. The van der Waals surface area contributed by atoms with Gasteiger partial charge in [-0.15, -0.1) is 0 Å². The van der Waals surface area contributed by atoms with E-state index in [0.29, 0.717) is 0 Å². The summed E-state index contributed by atoms with van der Waals surface area (Å²) in [5.74, 6) is 0. The van der Waals surface area contributed by atoms with Gasteiger partial charge in [0.15, 0.2) is 0 Å². The topological polar surface area (TPSA) is 0 Å². The molecule has 5 aromatic rings. The van der Waals surface area contributed by atoms with Crippen LogP contribution in [0.1, 0.15) is 49.9 Å². The average molecular weight is 564 g/mol. The molecule has 0 saturated carbocycles. The van der Waals surface area contributed by atoms with Crippen molar-refractivity contribution in [2.45, 2.75) is 38.5 Å². The summed E-state index contributed by atoms with van der Waals surface area (Å²) in [7, 11) is 0. The standard InChI is InChI=1S/C34H28Te/c1-33(2)27-11-7-5-9-23(27)25-15-13-21(19-29(25)33)31-17-18-32(35-31)22-14-16-26-24-10-6-8-12-28(24)34(3,4)30(26)20-22/h5-20H,1-4H3. The van der Waals surface area contributed by atoms with Crippen LogP contribution in [0, 0.1) is 0 Å². The van der Waals surface area contributed by atoms with Gasteiger partial charge in [-0.2, -0.15) is 0 Å².